The van der Waals surface area contributed by atoms with Gasteiger partial charge in [-0.2, -0.15) is 11.8 Å². The van der Waals surface area contributed by atoms with Gasteiger partial charge >= 0.3 is 0 Å². The van der Waals surface area contributed by atoms with E-state index in [-0.39, 0.29) is 5.41 Å². The molecule has 112 valence electrons. The largest absolute Gasteiger partial charge is 0.365 e. The van der Waals surface area contributed by atoms with Crippen molar-refractivity contribution in [1.29, 1.82) is 0 Å². The zero-order chi connectivity index (χ0) is 14.6. The molecule has 1 N–H and O–H groups in total. The van der Waals surface area contributed by atoms with Crippen LogP contribution in [0.25, 0.3) is 0 Å². The summed E-state index contributed by atoms with van der Waals surface area (Å²) in [5, 5.41) is 3.51. The second kappa shape index (κ2) is 6.76. The maximum atomic E-state index is 4.36. The fourth-order valence-electron chi connectivity index (χ4n) is 2.24. The maximum Gasteiger partial charge on any atom is 0.129 e. The minimum Gasteiger partial charge on any atom is -0.365 e. The Morgan fingerprint density at radius 2 is 2.10 bits per heavy atom. The van der Waals surface area contributed by atoms with Gasteiger partial charge in [-0.1, -0.05) is 27.7 Å². The van der Waals surface area contributed by atoms with E-state index in [1.807, 2.05) is 11.8 Å². The van der Waals surface area contributed by atoms with Crippen molar-refractivity contribution in [3.8, 4) is 0 Å². The van der Waals surface area contributed by atoms with Crippen LogP contribution in [0.5, 0.6) is 0 Å². The normalized spacial score (nSPS) is 17.0. The third-order valence-corrected chi connectivity index (χ3v) is 4.38. The lowest BCUT2D eigenvalue weighted by Gasteiger charge is -2.39. The van der Waals surface area contributed by atoms with E-state index in [2.05, 4.69) is 53.9 Å². The van der Waals surface area contributed by atoms with E-state index in [4.69, 9.17) is 0 Å². The molecule has 2 rings (SSSR count). The monoisotopic (exact) mass is 294 g/mol. The fraction of sp³-hybridized carbons (Fsp3) is 0.733. The lowest BCUT2D eigenvalue weighted by molar-refractivity contribution is 0.173. The molecule has 0 aromatic carbocycles. The summed E-state index contributed by atoms with van der Waals surface area (Å²) in [6.07, 6.45) is 1.66. The zero-order valence-electron chi connectivity index (χ0n) is 13.0. The highest BCUT2D eigenvalue weighted by atomic mass is 32.2. The maximum absolute atomic E-state index is 4.36. The molecular weight excluding hydrogens is 268 g/mol. The van der Waals surface area contributed by atoms with Crippen LogP contribution in [0.3, 0.4) is 0 Å². The molecular formula is C15H26N4S. The number of nitrogens with zero attached hydrogens (tertiary/aromatic N) is 3. The molecule has 0 unspecified atom stereocenters. The second-order valence-corrected chi connectivity index (χ2v) is 7.73. The molecule has 20 heavy (non-hydrogen) atoms. The highest BCUT2D eigenvalue weighted by Gasteiger charge is 2.26. The summed E-state index contributed by atoms with van der Waals surface area (Å²) >= 11 is 2.01. The molecule has 0 bridgehead atoms. The van der Waals surface area contributed by atoms with Crippen molar-refractivity contribution in [2.24, 2.45) is 0 Å². The predicted octanol–water partition coefficient (Wildman–Crippen LogP) is 2.62. The number of rotatable bonds is 6. The van der Waals surface area contributed by atoms with Gasteiger partial charge in [0.2, 0.25) is 0 Å². The van der Waals surface area contributed by atoms with E-state index < -0.39 is 0 Å². The first-order valence-corrected chi connectivity index (χ1v) is 8.53. The van der Waals surface area contributed by atoms with Crippen LogP contribution in [0.2, 0.25) is 0 Å². The van der Waals surface area contributed by atoms with Crippen LogP contribution in [0.4, 0.5) is 5.82 Å². The van der Waals surface area contributed by atoms with Crippen molar-refractivity contribution in [3.05, 3.63) is 18.1 Å². The Labute approximate surface area is 126 Å². The average Bonchev–Trinajstić information content (AvgIpc) is 2.35. The third kappa shape index (κ3) is 4.35. The van der Waals surface area contributed by atoms with E-state index in [0.29, 0.717) is 6.04 Å². The Morgan fingerprint density at radius 1 is 1.35 bits per heavy atom. The van der Waals surface area contributed by atoms with Crippen LogP contribution < -0.4 is 5.32 Å². The number of aromatic nitrogens is 2. The third-order valence-electron chi connectivity index (χ3n) is 3.50. The van der Waals surface area contributed by atoms with Gasteiger partial charge in [0.1, 0.15) is 12.1 Å². The first-order chi connectivity index (χ1) is 9.49. The summed E-state index contributed by atoms with van der Waals surface area (Å²) in [4.78, 5) is 11.2. The van der Waals surface area contributed by atoms with Gasteiger partial charge in [-0.15, -0.1) is 0 Å². The SMILES string of the molecule is CCSCCN1CC(Nc2cc(C(C)(C)C)ncn2)C1. The lowest BCUT2D eigenvalue weighted by atomic mass is 9.92. The van der Waals surface area contributed by atoms with Crippen molar-refractivity contribution in [1.82, 2.24) is 14.9 Å². The molecule has 0 spiro atoms. The number of hydrogen-bond donors (Lipinski definition) is 1. The number of nitrogens with one attached hydrogen (secondary N) is 1. The van der Waals surface area contributed by atoms with E-state index in [1.54, 1.807) is 6.33 Å². The quantitative estimate of drug-likeness (QED) is 0.817. The van der Waals surface area contributed by atoms with Crippen molar-refractivity contribution >= 4 is 17.6 Å². The molecule has 5 heteroatoms. The van der Waals surface area contributed by atoms with Crippen molar-refractivity contribution in [2.75, 3.05) is 36.5 Å². The minimum absolute atomic E-state index is 0.0718. The Kier molecular flexibility index (Phi) is 5.27. The van der Waals surface area contributed by atoms with Crippen LogP contribution in [0.15, 0.2) is 12.4 Å². The number of likely N-dealkylation sites (tertiary alicyclic amines) is 1. The summed E-state index contributed by atoms with van der Waals surface area (Å²) in [5.41, 5.74) is 1.16. The van der Waals surface area contributed by atoms with Gasteiger partial charge in [-0.05, 0) is 5.75 Å². The van der Waals surface area contributed by atoms with Crippen LogP contribution in [-0.4, -0.2) is 52.0 Å². The molecule has 4 nitrogen and oxygen atoms in total. The zero-order valence-corrected chi connectivity index (χ0v) is 13.8. The Balaban J connectivity index is 1.78. The van der Waals surface area contributed by atoms with Gasteiger partial charge in [0.25, 0.3) is 0 Å². The standard InChI is InChI=1S/C15H26N4S/c1-5-20-7-6-19-9-12(10-19)18-14-8-13(15(2,3)4)16-11-17-14/h8,11-12H,5-7,9-10H2,1-4H3,(H,16,17,18). The summed E-state index contributed by atoms with van der Waals surface area (Å²) in [5.74, 6) is 3.41. The van der Waals surface area contributed by atoms with E-state index in [1.165, 1.54) is 18.1 Å². The topological polar surface area (TPSA) is 41.0 Å². The smallest absolute Gasteiger partial charge is 0.129 e. The molecule has 2 heterocycles. The summed E-state index contributed by atoms with van der Waals surface area (Å²) < 4.78 is 0. The van der Waals surface area contributed by atoms with E-state index in [9.17, 15) is 0 Å². The summed E-state index contributed by atoms with van der Waals surface area (Å²) in [7, 11) is 0. The second-order valence-electron chi connectivity index (χ2n) is 6.34. The van der Waals surface area contributed by atoms with E-state index in [0.717, 1.165) is 24.6 Å². The molecule has 0 aliphatic carbocycles. The van der Waals surface area contributed by atoms with Gasteiger partial charge in [-0.3, -0.25) is 4.90 Å². The molecule has 0 saturated carbocycles. The molecule has 1 aliphatic heterocycles. The van der Waals surface area contributed by atoms with Crippen LogP contribution >= 0.6 is 11.8 Å². The molecule has 1 aromatic rings. The molecule has 1 aromatic heterocycles. The van der Waals surface area contributed by atoms with Crippen LogP contribution in [-0.2, 0) is 5.41 Å². The highest BCUT2D eigenvalue weighted by molar-refractivity contribution is 7.99. The molecule has 0 radical (unpaired) electrons. The highest BCUT2D eigenvalue weighted by Crippen LogP contribution is 2.22. The molecule has 0 amide bonds. The molecule has 1 saturated heterocycles. The van der Waals surface area contributed by atoms with Gasteiger partial charge in [0.15, 0.2) is 0 Å². The van der Waals surface area contributed by atoms with Crippen LogP contribution in [0.1, 0.15) is 33.4 Å². The predicted molar refractivity (Wildman–Crippen MR) is 87.6 cm³/mol. The van der Waals surface area contributed by atoms with Gasteiger partial charge in [0, 0.05) is 36.9 Å². The van der Waals surface area contributed by atoms with Gasteiger partial charge in [-0.25, -0.2) is 9.97 Å². The lowest BCUT2D eigenvalue weighted by Crippen LogP contribution is -2.55. The Morgan fingerprint density at radius 3 is 2.75 bits per heavy atom. The number of thioether (sulfide) groups is 1. The summed E-state index contributed by atoms with van der Waals surface area (Å²) in [6.45, 7) is 12.2. The van der Waals surface area contributed by atoms with Crippen molar-refractivity contribution in [3.63, 3.8) is 0 Å². The number of anilines is 1. The fourth-order valence-corrected chi connectivity index (χ4v) is 2.91. The molecule has 0 atom stereocenters. The average molecular weight is 294 g/mol. The number of hydrogen-bond acceptors (Lipinski definition) is 5. The van der Waals surface area contributed by atoms with Gasteiger partial charge < -0.3 is 5.32 Å². The Hall–Kier alpha value is -0.810. The van der Waals surface area contributed by atoms with Crippen LogP contribution in [0, 0.1) is 0 Å². The Bertz CT molecular complexity index is 424. The summed E-state index contributed by atoms with van der Waals surface area (Å²) in [6, 6.07) is 2.61. The van der Waals surface area contributed by atoms with Gasteiger partial charge in [0.05, 0.1) is 11.7 Å². The molecule has 1 aliphatic rings. The van der Waals surface area contributed by atoms with Crippen molar-refractivity contribution < 1.29 is 0 Å². The van der Waals surface area contributed by atoms with Crippen molar-refractivity contribution in [2.45, 2.75) is 39.2 Å². The molecule has 1 fully saturated rings. The minimum atomic E-state index is 0.0718. The first kappa shape index (κ1) is 15.6. The van der Waals surface area contributed by atoms with E-state index >= 15 is 0 Å². The first-order valence-electron chi connectivity index (χ1n) is 7.38.